The van der Waals surface area contributed by atoms with Gasteiger partial charge in [-0.05, 0) is 68.4 Å². The molecule has 0 bridgehead atoms. The Labute approximate surface area is 194 Å². The molecule has 0 spiro atoms. The number of amides is 1. The Hall–Kier alpha value is -3.43. The molecule has 1 amide bonds. The molecule has 6 nitrogen and oxygen atoms in total. The molecule has 0 aliphatic carbocycles. The number of hydrogen-bond donors (Lipinski definition) is 2. The standard InChI is InChI=1S/C24H22F2N4O2S/c25-17-7-10-20(19(26)14-17)29-23(32)22-15-27-24(33-22)28-18-8-5-16(6-9-18)21(31)4-3-13-30-11-1-2-12-30/h3-10,14-15H,1-2,11-13H2,(H,27,28)(H,29,32). The molecule has 1 aliphatic rings. The average molecular weight is 469 g/mol. The maximum atomic E-state index is 13.7. The minimum absolute atomic E-state index is 0.0537. The van der Waals surface area contributed by atoms with Crippen molar-refractivity contribution in [3.05, 3.63) is 82.9 Å². The van der Waals surface area contributed by atoms with Gasteiger partial charge in [0, 0.05) is 23.9 Å². The van der Waals surface area contributed by atoms with E-state index >= 15 is 0 Å². The third kappa shape index (κ3) is 6.09. The summed E-state index contributed by atoms with van der Waals surface area (Å²) in [4.78, 5) is 31.4. The summed E-state index contributed by atoms with van der Waals surface area (Å²) >= 11 is 1.08. The molecule has 0 unspecified atom stereocenters. The van der Waals surface area contributed by atoms with Crippen LogP contribution in [0.1, 0.15) is 32.9 Å². The smallest absolute Gasteiger partial charge is 0.267 e. The molecule has 1 aromatic heterocycles. The summed E-state index contributed by atoms with van der Waals surface area (Å²) in [5, 5.41) is 5.94. The average Bonchev–Trinajstić information content (AvgIpc) is 3.48. The number of likely N-dealkylation sites (tertiary alicyclic amines) is 1. The number of carbonyl (C=O) groups is 2. The van der Waals surface area contributed by atoms with Gasteiger partial charge in [0.2, 0.25) is 0 Å². The molecule has 33 heavy (non-hydrogen) atoms. The first-order valence-electron chi connectivity index (χ1n) is 10.5. The molecule has 1 saturated heterocycles. The fourth-order valence-electron chi connectivity index (χ4n) is 3.42. The van der Waals surface area contributed by atoms with E-state index in [9.17, 15) is 18.4 Å². The molecular weight excluding hydrogens is 446 g/mol. The fraction of sp³-hybridized carbons (Fsp3) is 0.208. The van der Waals surface area contributed by atoms with Crippen LogP contribution in [0.25, 0.3) is 0 Å². The highest BCUT2D eigenvalue weighted by Gasteiger charge is 2.14. The van der Waals surface area contributed by atoms with E-state index in [0.717, 1.165) is 43.1 Å². The summed E-state index contributed by atoms with van der Waals surface area (Å²) in [6, 6.07) is 9.90. The largest absolute Gasteiger partial charge is 0.332 e. The molecular formula is C24H22F2N4O2S. The number of ketones is 1. The Kier molecular flexibility index (Phi) is 7.21. The number of hydrogen-bond acceptors (Lipinski definition) is 6. The Morgan fingerprint density at radius 1 is 1.09 bits per heavy atom. The minimum Gasteiger partial charge on any atom is -0.332 e. The molecule has 1 aliphatic heterocycles. The summed E-state index contributed by atoms with van der Waals surface area (Å²) in [6.07, 6.45) is 7.31. The van der Waals surface area contributed by atoms with Gasteiger partial charge in [0.25, 0.3) is 5.91 Å². The second-order valence-corrected chi connectivity index (χ2v) is 8.62. The molecule has 4 rings (SSSR count). The van der Waals surface area contributed by atoms with Crippen molar-refractivity contribution < 1.29 is 18.4 Å². The van der Waals surface area contributed by atoms with Crippen molar-refractivity contribution in [2.75, 3.05) is 30.3 Å². The van der Waals surface area contributed by atoms with Gasteiger partial charge in [-0.15, -0.1) is 0 Å². The van der Waals surface area contributed by atoms with Crippen molar-refractivity contribution in [1.82, 2.24) is 9.88 Å². The number of thiazole rings is 1. The number of nitrogens with zero attached hydrogens (tertiary/aromatic N) is 2. The summed E-state index contributed by atoms with van der Waals surface area (Å²) in [7, 11) is 0. The first-order chi connectivity index (χ1) is 16.0. The van der Waals surface area contributed by atoms with E-state index in [1.165, 1.54) is 19.0 Å². The number of rotatable bonds is 8. The molecule has 0 atom stereocenters. The van der Waals surface area contributed by atoms with Gasteiger partial charge in [-0.1, -0.05) is 17.4 Å². The predicted molar refractivity (Wildman–Crippen MR) is 125 cm³/mol. The van der Waals surface area contributed by atoms with Crippen LogP contribution in [-0.2, 0) is 0 Å². The molecule has 170 valence electrons. The van der Waals surface area contributed by atoms with E-state index in [1.54, 1.807) is 30.3 Å². The minimum atomic E-state index is -0.855. The third-order valence-corrected chi connectivity index (χ3v) is 6.07. The SMILES string of the molecule is O=C(C=CCN1CCCC1)c1ccc(Nc2ncc(C(=O)Nc3ccc(F)cc3F)s2)cc1. The lowest BCUT2D eigenvalue weighted by atomic mass is 10.1. The Morgan fingerprint density at radius 2 is 1.85 bits per heavy atom. The number of halogens is 2. The third-order valence-electron chi connectivity index (χ3n) is 5.16. The van der Waals surface area contributed by atoms with Crippen LogP contribution in [0.4, 0.5) is 25.3 Å². The number of aromatic nitrogens is 1. The molecule has 0 saturated carbocycles. The van der Waals surface area contributed by atoms with Crippen molar-refractivity contribution in [1.29, 1.82) is 0 Å². The Bertz CT molecular complexity index is 1170. The number of allylic oxidation sites excluding steroid dienone is 1. The highest BCUT2D eigenvalue weighted by molar-refractivity contribution is 7.17. The number of nitrogens with one attached hydrogen (secondary N) is 2. The Balaban J connectivity index is 1.32. The summed E-state index contributed by atoms with van der Waals surface area (Å²) in [5.41, 5.74) is 1.18. The maximum absolute atomic E-state index is 13.7. The first kappa shape index (κ1) is 22.8. The van der Waals surface area contributed by atoms with E-state index < -0.39 is 17.5 Å². The van der Waals surface area contributed by atoms with Gasteiger partial charge in [0.15, 0.2) is 10.9 Å². The maximum Gasteiger partial charge on any atom is 0.267 e. The van der Waals surface area contributed by atoms with Gasteiger partial charge >= 0.3 is 0 Å². The van der Waals surface area contributed by atoms with Crippen LogP contribution in [0.15, 0.2) is 60.8 Å². The second kappa shape index (κ2) is 10.5. The van der Waals surface area contributed by atoms with E-state index in [1.807, 2.05) is 6.08 Å². The zero-order chi connectivity index (χ0) is 23.2. The Morgan fingerprint density at radius 3 is 2.58 bits per heavy atom. The topological polar surface area (TPSA) is 74.3 Å². The number of carbonyl (C=O) groups excluding carboxylic acids is 2. The molecule has 0 radical (unpaired) electrons. The molecule has 9 heteroatoms. The van der Waals surface area contributed by atoms with Gasteiger partial charge in [0.1, 0.15) is 16.5 Å². The normalized spacial score (nSPS) is 14.0. The van der Waals surface area contributed by atoms with Crippen LogP contribution in [-0.4, -0.2) is 41.2 Å². The van der Waals surface area contributed by atoms with Crippen LogP contribution in [0, 0.1) is 11.6 Å². The lowest BCUT2D eigenvalue weighted by molar-refractivity contribution is 0.102. The molecule has 2 heterocycles. The van der Waals surface area contributed by atoms with Crippen molar-refractivity contribution in [3.63, 3.8) is 0 Å². The van der Waals surface area contributed by atoms with Crippen molar-refractivity contribution in [2.45, 2.75) is 12.8 Å². The summed E-state index contributed by atoms with van der Waals surface area (Å²) < 4.78 is 26.7. The van der Waals surface area contributed by atoms with Gasteiger partial charge in [-0.2, -0.15) is 0 Å². The van der Waals surface area contributed by atoms with Crippen LogP contribution < -0.4 is 10.6 Å². The van der Waals surface area contributed by atoms with Crippen molar-refractivity contribution >= 4 is 39.5 Å². The van der Waals surface area contributed by atoms with Gasteiger partial charge < -0.3 is 10.6 Å². The fourth-order valence-corrected chi connectivity index (χ4v) is 4.15. The van der Waals surface area contributed by atoms with Crippen LogP contribution in [0.2, 0.25) is 0 Å². The molecule has 1 fully saturated rings. The predicted octanol–water partition coefficient (Wildman–Crippen LogP) is 5.25. The summed E-state index contributed by atoms with van der Waals surface area (Å²) in [6.45, 7) is 2.96. The number of benzene rings is 2. The monoisotopic (exact) mass is 468 g/mol. The van der Waals surface area contributed by atoms with Gasteiger partial charge in [0.05, 0.1) is 11.9 Å². The summed E-state index contributed by atoms with van der Waals surface area (Å²) in [5.74, 6) is -2.18. The van der Waals surface area contributed by atoms with Crippen molar-refractivity contribution in [3.8, 4) is 0 Å². The molecule has 2 N–H and O–H groups in total. The zero-order valence-corrected chi connectivity index (χ0v) is 18.5. The first-order valence-corrected chi connectivity index (χ1v) is 11.3. The van der Waals surface area contributed by atoms with Crippen LogP contribution in [0.5, 0.6) is 0 Å². The molecule has 3 aromatic rings. The molecule has 2 aromatic carbocycles. The van der Waals surface area contributed by atoms with Crippen LogP contribution >= 0.6 is 11.3 Å². The van der Waals surface area contributed by atoms with E-state index in [-0.39, 0.29) is 16.3 Å². The van der Waals surface area contributed by atoms with E-state index in [0.29, 0.717) is 22.4 Å². The lowest BCUT2D eigenvalue weighted by Gasteiger charge is -2.10. The van der Waals surface area contributed by atoms with Gasteiger partial charge in [-0.25, -0.2) is 13.8 Å². The highest BCUT2D eigenvalue weighted by Crippen LogP contribution is 2.24. The van der Waals surface area contributed by atoms with Crippen LogP contribution in [0.3, 0.4) is 0 Å². The number of anilines is 3. The van der Waals surface area contributed by atoms with E-state index in [2.05, 4.69) is 20.5 Å². The lowest BCUT2D eigenvalue weighted by Crippen LogP contribution is -2.18. The van der Waals surface area contributed by atoms with Gasteiger partial charge in [-0.3, -0.25) is 14.5 Å². The highest BCUT2D eigenvalue weighted by atomic mass is 32.1. The quantitative estimate of drug-likeness (QED) is 0.349. The zero-order valence-electron chi connectivity index (χ0n) is 17.7. The van der Waals surface area contributed by atoms with E-state index in [4.69, 9.17) is 0 Å². The second-order valence-electron chi connectivity index (χ2n) is 7.58. The van der Waals surface area contributed by atoms with Crippen molar-refractivity contribution in [2.24, 2.45) is 0 Å².